The van der Waals surface area contributed by atoms with E-state index in [1.165, 1.54) is 0 Å². The summed E-state index contributed by atoms with van der Waals surface area (Å²) < 4.78 is 7.40. The Morgan fingerprint density at radius 1 is 1.41 bits per heavy atom. The summed E-state index contributed by atoms with van der Waals surface area (Å²) >= 11 is 6.07. The van der Waals surface area contributed by atoms with Gasteiger partial charge in [0.25, 0.3) is 0 Å². The van der Waals surface area contributed by atoms with E-state index in [1.54, 1.807) is 10.7 Å². The molecule has 2 aromatic rings. The van der Waals surface area contributed by atoms with E-state index in [1.807, 2.05) is 31.4 Å². The lowest BCUT2D eigenvalue weighted by molar-refractivity contribution is 0.297. The molecule has 1 heterocycles. The van der Waals surface area contributed by atoms with Crippen LogP contribution in [0.15, 0.2) is 30.5 Å². The molecular weight excluding hydrogens is 238 g/mol. The van der Waals surface area contributed by atoms with Gasteiger partial charge in [0.2, 0.25) is 0 Å². The molecule has 17 heavy (non-hydrogen) atoms. The highest BCUT2D eigenvalue weighted by atomic mass is 35.5. The zero-order valence-corrected chi connectivity index (χ0v) is 10.3. The molecule has 0 fully saturated rings. The highest BCUT2D eigenvalue weighted by Crippen LogP contribution is 2.28. The number of rotatable bonds is 4. The van der Waals surface area contributed by atoms with Crippen LogP contribution in [0, 0.1) is 0 Å². The van der Waals surface area contributed by atoms with Crippen molar-refractivity contribution in [3.63, 3.8) is 0 Å². The molecule has 0 saturated heterocycles. The Hall–Kier alpha value is -1.52. The fraction of sp³-hybridized carbons (Fsp3) is 0.250. The molecule has 1 aromatic heterocycles. The van der Waals surface area contributed by atoms with Crippen molar-refractivity contribution >= 4 is 11.6 Å². The van der Waals surface area contributed by atoms with Crippen molar-refractivity contribution in [1.29, 1.82) is 0 Å². The largest absolute Gasteiger partial charge is 0.485 e. The molecule has 0 radical (unpaired) electrons. The molecule has 1 aromatic carbocycles. The van der Waals surface area contributed by atoms with E-state index in [0.29, 0.717) is 23.9 Å². The third-order valence-corrected chi connectivity index (χ3v) is 2.70. The van der Waals surface area contributed by atoms with Crippen LogP contribution in [0.5, 0.6) is 5.75 Å². The van der Waals surface area contributed by atoms with Gasteiger partial charge in [-0.1, -0.05) is 23.7 Å². The van der Waals surface area contributed by atoms with Crippen LogP contribution in [-0.2, 0) is 20.2 Å². The van der Waals surface area contributed by atoms with Crippen molar-refractivity contribution < 1.29 is 4.74 Å². The normalized spacial score (nSPS) is 10.5. The summed E-state index contributed by atoms with van der Waals surface area (Å²) in [6, 6.07) is 7.45. The summed E-state index contributed by atoms with van der Waals surface area (Å²) in [4.78, 5) is 0. The van der Waals surface area contributed by atoms with Crippen molar-refractivity contribution in [2.24, 2.45) is 12.8 Å². The Labute approximate surface area is 105 Å². The Kier molecular flexibility index (Phi) is 3.66. The molecule has 2 rings (SSSR count). The van der Waals surface area contributed by atoms with Gasteiger partial charge >= 0.3 is 0 Å². The zero-order valence-electron chi connectivity index (χ0n) is 9.56. The smallest absolute Gasteiger partial charge is 0.142 e. The lowest BCUT2D eigenvalue weighted by atomic mass is 10.2. The van der Waals surface area contributed by atoms with Crippen molar-refractivity contribution in [3.05, 3.63) is 46.7 Å². The van der Waals surface area contributed by atoms with E-state index < -0.39 is 0 Å². The average Bonchev–Trinajstić information content (AvgIpc) is 2.73. The minimum absolute atomic E-state index is 0.386. The molecule has 90 valence electrons. The number of aromatic nitrogens is 2. The molecule has 0 aliphatic heterocycles. The molecule has 0 saturated carbocycles. The van der Waals surface area contributed by atoms with Crippen LogP contribution >= 0.6 is 11.6 Å². The number of halogens is 1. The van der Waals surface area contributed by atoms with Crippen LogP contribution in [-0.4, -0.2) is 9.78 Å². The van der Waals surface area contributed by atoms with Gasteiger partial charge in [-0.15, -0.1) is 0 Å². The molecule has 0 unspecified atom stereocenters. The molecular formula is C12H14ClN3O. The second kappa shape index (κ2) is 5.21. The summed E-state index contributed by atoms with van der Waals surface area (Å²) in [5, 5.41) is 4.80. The first-order chi connectivity index (χ1) is 8.20. The average molecular weight is 252 g/mol. The molecule has 0 amide bonds. The molecule has 0 atom stereocenters. The highest BCUT2D eigenvalue weighted by Gasteiger charge is 2.08. The lowest BCUT2D eigenvalue weighted by Gasteiger charge is -2.10. The summed E-state index contributed by atoms with van der Waals surface area (Å²) in [5.74, 6) is 0.641. The van der Waals surface area contributed by atoms with Crippen LogP contribution in [0.25, 0.3) is 0 Å². The second-order valence-corrected chi connectivity index (χ2v) is 4.11. The minimum atomic E-state index is 0.386. The second-order valence-electron chi connectivity index (χ2n) is 3.70. The number of para-hydroxylation sites is 1. The first kappa shape index (κ1) is 12.0. The minimum Gasteiger partial charge on any atom is -0.485 e. The van der Waals surface area contributed by atoms with E-state index in [4.69, 9.17) is 22.1 Å². The van der Waals surface area contributed by atoms with Crippen LogP contribution in [0.1, 0.15) is 11.3 Å². The zero-order chi connectivity index (χ0) is 12.3. The number of nitrogens with zero attached hydrogens (tertiary/aromatic N) is 2. The Morgan fingerprint density at radius 2 is 2.24 bits per heavy atom. The van der Waals surface area contributed by atoms with E-state index in [9.17, 15) is 0 Å². The van der Waals surface area contributed by atoms with E-state index in [0.717, 1.165) is 11.3 Å². The van der Waals surface area contributed by atoms with Gasteiger partial charge in [0.15, 0.2) is 0 Å². The van der Waals surface area contributed by atoms with Gasteiger partial charge < -0.3 is 10.5 Å². The number of ether oxygens (including phenoxy) is 1. The van der Waals surface area contributed by atoms with Crippen LogP contribution in [0.3, 0.4) is 0 Å². The fourth-order valence-electron chi connectivity index (χ4n) is 1.56. The van der Waals surface area contributed by atoms with Crippen LogP contribution in [0.2, 0.25) is 5.02 Å². The summed E-state index contributed by atoms with van der Waals surface area (Å²) in [6.07, 6.45) is 1.87. The maximum absolute atomic E-state index is 6.07. The number of hydrogen-bond acceptors (Lipinski definition) is 3. The Bertz CT molecular complexity index is 510. The first-order valence-corrected chi connectivity index (χ1v) is 5.67. The van der Waals surface area contributed by atoms with Crippen molar-refractivity contribution in [2.75, 3.05) is 0 Å². The van der Waals surface area contributed by atoms with Crippen molar-refractivity contribution in [3.8, 4) is 5.75 Å². The lowest BCUT2D eigenvalue weighted by Crippen LogP contribution is -2.04. The molecule has 0 aliphatic carbocycles. The van der Waals surface area contributed by atoms with Gasteiger partial charge in [0.1, 0.15) is 12.4 Å². The van der Waals surface area contributed by atoms with Crippen LogP contribution < -0.4 is 10.5 Å². The monoisotopic (exact) mass is 251 g/mol. The van der Waals surface area contributed by atoms with Gasteiger partial charge in [0, 0.05) is 25.4 Å². The van der Waals surface area contributed by atoms with Crippen LogP contribution in [0.4, 0.5) is 0 Å². The third-order valence-electron chi connectivity index (χ3n) is 2.40. The van der Waals surface area contributed by atoms with E-state index >= 15 is 0 Å². The first-order valence-electron chi connectivity index (χ1n) is 5.29. The predicted molar refractivity (Wildman–Crippen MR) is 66.9 cm³/mol. The molecule has 5 heteroatoms. The third kappa shape index (κ3) is 2.78. The number of aryl methyl sites for hydroxylation is 1. The number of benzene rings is 1. The summed E-state index contributed by atoms with van der Waals surface area (Å²) in [6.45, 7) is 0.787. The SMILES string of the molecule is Cn1ccc(COc2c(Cl)cccc2CN)n1. The van der Waals surface area contributed by atoms with Gasteiger partial charge in [-0.05, 0) is 12.1 Å². The molecule has 0 bridgehead atoms. The quantitative estimate of drug-likeness (QED) is 0.906. The predicted octanol–water partition coefficient (Wildman–Crippen LogP) is 2.11. The highest BCUT2D eigenvalue weighted by molar-refractivity contribution is 6.32. The Morgan fingerprint density at radius 3 is 2.88 bits per heavy atom. The van der Waals surface area contributed by atoms with Gasteiger partial charge in [-0.2, -0.15) is 5.10 Å². The Balaban J connectivity index is 2.13. The molecule has 2 N–H and O–H groups in total. The molecule has 4 nitrogen and oxygen atoms in total. The van der Waals surface area contributed by atoms with Crippen molar-refractivity contribution in [1.82, 2.24) is 9.78 Å². The van der Waals surface area contributed by atoms with Gasteiger partial charge in [0.05, 0.1) is 10.7 Å². The van der Waals surface area contributed by atoms with E-state index in [2.05, 4.69) is 5.10 Å². The fourth-order valence-corrected chi connectivity index (χ4v) is 1.81. The standard InChI is InChI=1S/C12H14ClN3O/c1-16-6-5-10(15-16)8-17-12-9(7-14)3-2-4-11(12)13/h2-6H,7-8,14H2,1H3. The molecule has 0 spiro atoms. The molecule has 0 aliphatic rings. The maximum Gasteiger partial charge on any atom is 0.142 e. The van der Waals surface area contributed by atoms with Crippen molar-refractivity contribution in [2.45, 2.75) is 13.2 Å². The van der Waals surface area contributed by atoms with Gasteiger partial charge in [-0.25, -0.2) is 0 Å². The summed E-state index contributed by atoms with van der Waals surface area (Å²) in [5.41, 5.74) is 7.39. The topological polar surface area (TPSA) is 53.1 Å². The number of nitrogens with two attached hydrogens (primary N) is 1. The van der Waals surface area contributed by atoms with E-state index in [-0.39, 0.29) is 0 Å². The maximum atomic E-state index is 6.07. The summed E-state index contributed by atoms with van der Waals surface area (Å²) in [7, 11) is 1.87. The number of hydrogen-bond donors (Lipinski definition) is 1. The van der Waals surface area contributed by atoms with Gasteiger partial charge in [-0.3, -0.25) is 4.68 Å².